The SMILES string of the molecule is CC(C)(C)c1ccc(C(=O)NC2CCCNC2)cc1[N+](=O)[O-]. The minimum absolute atomic E-state index is 0.00178. The molecule has 1 saturated heterocycles. The molecule has 0 saturated carbocycles. The molecule has 1 amide bonds. The number of rotatable bonds is 3. The first-order chi connectivity index (χ1) is 10.3. The number of hydrogen-bond donors (Lipinski definition) is 2. The Labute approximate surface area is 130 Å². The third-order valence-electron chi connectivity index (χ3n) is 3.90. The number of nitro benzene ring substituents is 1. The average Bonchev–Trinajstić information content (AvgIpc) is 2.46. The fourth-order valence-electron chi connectivity index (χ4n) is 2.70. The van der Waals surface area contributed by atoms with Crippen LogP contribution in [0, 0.1) is 10.1 Å². The molecule has 120 valence electrons. The van der Waals surface area contributed by atoms with Gasteiger partial charge in [0.2, 0.25) is 0 Å². The molecule has 0 aromatic heterocycles. The lowest BCUT2D eigenvalue weighted by molar-refractivity contribution is -0.386. The highest BCUT2D eigenvalue weighted by atomic mass is 16.6. The van der Waals surface area contributed by atoms with Crippen LogP contribution in [0.2, 0.25) is 0 Å². The van der Waals surface area contributed by atoms with Crippen molar-refractivity contribution in [2.24, 2.45) is 0 Å². The first kappa shape index (κ1) is 16.4. The second-order valence-electron chi connectivity index (χ2n) is 6.76. The van der Waals surface area contributed by atoms with E-state index in [0.29, 0.717) is 11.1 Å². The highest BCUT2D eigenvalue weighted by Gasteiger charge is 2.26. The molecule has 2 N–H and O–H groups in total. The molecule has 1 atom stereocenters. The van der Waals surface area contributed by atoms with Crippen LogP contribution in [0.5, 0.6) is 0 Å². The van der Waals surface area contributed by atoms with E-state index >= 15 is 0 Å². The third kappa shape index (κ3) is 3.82. The Morgan fingerprint density at radius 2 is 2.14 bits per heavy atom. The van der Waals surface area contributed by atoms with Crippen LogP contribution in [0.1, 0.15) is 49.5 Å². The summed E-state index contributed by atoms with van der Waals surface area (Å²) in [6, 6.07) is 4.82. The van der Waals surface area contributed by atoms with Crippen LogP contribution >= 0.6 is 0 Å². The van der Waals surface area contributed by atoms with Gasteiger partial charge in [-0.25, -0.2) is 0 Å². The van der Waals surface area contributed by atoms with Crippen molar-refractivity contribution >= 4 is 11.6 Å². The van der Waals surface area contributed by atoms with Crippen molar-refractivity contribution in [1.82, 2.24) is 10.6 Å². The van der Waals surface area contributed by atoms with Gasteiger partial charge in [0, 0.05) is 29.8 Å². The molecular formula is C16H23N3O3. The number of hydrogen-bond acceptors (Lipinski definition) is 4. The van der Waals surface area contributed by atoms with E-state index in [1.807, 2.05) is 20.8 Å². The zero-order valence-electron chi connectivity index (χ0n) is 13.3. The van der Waals surface area contributed by atoms with E-state index < -0.39 is 4.92 Å². The first-order valence-electron chi connectivity index (χ1n) is 7.59. The summed E-state index contributed by atoms with van der Waals surface area (Å²) in [4.78, 5) is 23.2. The monoisotopic (exact) mass is 305 g/mol. The molecule has 0 aliphatic carbocycles. The Kier molecular flexibility index (Phi) is 4.81. The number of amides is 1. The molecule has 0 spiro atoms. The van der Waals surface area contributed by atoms with Gasteiger partial charge in [-0.05, 0) is 30.9 Å². The van der Waals surface area contributed by atoms with Crippen LogP contribution < -0.4 is 10.6 Å². The highest BCUT2D eigenvalue weighted by molar-refractivity contribution is 5.95. The number of piperidine rings is 1. The van der Waals surface area contributed by atoms with E-state index in [-0.39, 0.29) is 23.1 Å². The van der Waals surface area contributed by atoms with Gasteiger partial charge in [0.15, 0.2) is 0 Å². The van der Waals surface area contributed by atoms with E-state index in [2.05, 4.69) is 10.6 Å². The molecule has 1 aliphatic rings. The lowest BCUT2D eigenvalue weighted by atomic mass is 9.85. The van der Waals surface area contributed by atoms with Gasteiger partial charge in [0.05, 0.1) is 4.92 Å². The second kappa shape index (κ2) is 6.44. The molecular weight excluding hydrogens is 282 g/mol. The fourth-order valence-corrected chi connectivity index (χ4v) is 2.70. The molecule has 1 aliphatic heterocycles. The normalized spacial score (nSPS) is 18.8. The Hall–Kier alpha value is -1.95. The second-order valence-corrected chi connectivity index (χ2v) is 6.76. The molecule has 6 nitrogen and oxygen atoms in total. The highest BCUT2D eigenvalue weighted by Crippen LogP contribution is 2.31. The Bertz CT molecular complexity index is 572. The maximum atomic E-state index is 12.3. The number of nitrogens with one attached hydrogen (secondary N) is 2. The predicted octanol–water partition coefficient (Wildman–Crippen LogP) is 2.37. The van der Waals surface area contributed by atoms with E-state index in [9.17, 15) is 14.9 Å². The Balaban J connectivity index is 2.22. The number of carbonyl (C=O) groups is 1. The summed E-state index contributed by atoms with van der Waals surface area (Å²) < 4.78 is 0. The maximum Gasteiger partial charge on any atom is 0.273 e. The van der Waals surface area contributed by atoms with Crippen molar-refractivity contribution < 1.29 is 9.72 Å². The maximum absolute atomic E-state index is 12.3. The summed E-state index contributed by atoms with van der Waals surface area (Å²) >= 11 is 0. The summed E-state index contributed by atoms with van der Waals surface area (Å²) in [5.41, 5.74) is 0.630. The van der Waals surface area contributed by atoms with Crippen LogP contribution in [-0.2, 0) is 5.41 Å². The standard InChI is InChI=1S/C16H23N3O3/c1-16(2,3)13-7-6-11(9-14(13)19(21)22)15(20)18-12-5-4-8-17-10-12/h6-7,9,12,17H,4-5,8,10H2,1-3H3,(H,18,20). The molecule has 0 bridgehead atoms. The van der Waals surface area contributed by atoms with Gasteiger partial charge in [-0.2, -0.15) is 0 Å². The predicted molar refractivity (Wildman–Crippen MR) is 85.2 cm³/mol. The minimum Gasteiger partial charge on any atom is -0.348 e. The topological polar surface area (TPSA) is 84.3 Å². The van der Waals surface area contributed by atoms with E-state index in [1.54, 1.807) is 12.1 Å². The zero-order valence-corrected chi connectivity index (χ0v) is 13.3. The lowest BCUT2D eigenvalue weighted by Gasteiger charge is -2.24. The molecule has 0 radical (unpaired) electrons. The molecule has 1 unspecified atom stereocenters. The fraction of sp³-hybridized carbons (Fsp3) is 0.562. The van der Waals surface area contributed by atoms with Gasteiger partial charge in [-0.3, -0.25) is 14.9 Å². The van der Waals surface area contributed by atoms with Gasteiger partial charge >= 0.3 is 0 Å². The van der Waals surface area contributed by atoms with Crippen molar-refractivity contribution in [3.05, 3.63) is 39.4 Å². The van der Waals surface area contributed by atoms with Crippen molar-refractivity contribution in [3.8, 4) is 0 Å². The summed E-state index contributed by atoms with van der Waals surface area (Å²) in [7, 11) is 0. The van der Waals surface area contributed by atoms with Gasteiger partial charge in [0.1, 0.15) is 0 Å². The molecule has 2 rings (SSSR count). The zero-order chi connectivity index (χ0) is 16.3. The van der Waals surface area contributed by atoms with Gasteiger partial charge in [0.25, 0.3) is 11.6 Å². The molecule has 1 fully saturated rings. The summed E-state index contributed by atoms with van der Waals surface area (Å²) in [5.74, 6) is -0.253. The van der Waals surface area contributed by atoms with Crippen LogP contribution in [0.3, 0.4) is 0 Å². The number of nitrogens with zero attached hydrogens (tertiary/aromatic N) is 1. The van der Waals surface area contributed by atoms with Crippen LogP contribution in [-0.4, -0.2) is 30.0 Å². The smallest absolute Gasteiger partial charge is 0.273 e. The van der Waals surface area contributed by atoms with Crippen LogP contribution in [0.25, 0.3) is 0 Å². The Morgan fingerprint density at radius 3 is 2.68 bits per heavy atom. The molecule has 6 heteroatoms. The quantitative estimate of drug-likeness (QED) is 0.663. The van der Waals surface area contributed by atoms with Gasteiger partial charge in [-0.1, -0.05) is 26.8 Å². The lowest BCUT2D eigenvalue weighted by Crippen LogP contribution is -2.45. The summed E-state index contributed by atoms with van der Waals surface area (Å²) in [5, 5.41) is 17.5. The summed E-state index contributed by atoms with van der Waals surface area (Å²) in [6.07, 6.45) is 1.95. The average molecular weight is 305 g/mol. The molecule has 1 aromatic rings. The number of carbonyl (C=O) groups excluding carboxylic acids is 1. The van der Waals surface area contributed by atoms with Crippen LogP contribution in [0.4, 0.5) is 5.69 Å². The van der Waals surface area contributed by atoms with E-state index in [1.165, 1.54) is 6.07 Å². The largest absolute Gasteiger partial charge is 0.348 e. The van der Waals surface area contributed by atoms with Crippen LogP contribution in [0.15, 0.2) is 18.2 Å². The van der Waals surface area contributed by atoms with Crippen molar-refractivity contribution in [1.29, 1.82) is 0 Å². The minimum atomic E-state index is -0.417. The van der Waals surface area contributed by atoms with Crippen molar-refractivity contribution in [2.75, 3.05) is 13.1 Å². The van der Waals surface area contributed by atoms with E-state index in [0.717, 1.165) is 25.9 Å². The van der Waals surface area contributed by atoms with E-state index in [4.69, 9.17) is 0 Å². The number of nitro groups is 1. The van der Waals surface area contributed by atoms with Crippen molar-refractivity contribution in [3.63, 3.8) is 0 Å². The molecule has 22 heavy (non-hydrogen) atoms. The van der Waals surface area contributed by atoms with Gasteiger partial charge in [-0.15, -0.1) is 0 Å². The molecule has 1 aromatic carbocycles. The number of benzene rings is 1. The third-order valence-corrected chi connectivity index (χ3v) is 3.90. The van der Waals surface area contributed by atoms with Gasteiger partial charge < -0.3 is 10.6 Å². The first-order valence-corrected chi connectivity index (χ1v) is 7.59. The molecule has 1 heterocycles. The van der Waals surface area contributed by atoms with Crippen molar-refractivity contribution in [2.45, 2.75) is 45.1 Å². The summed E-state index contributed by atoms with van der Waals surface area (Å²) in [6.45, 7) is 7.47. The Morgan fingerprint density at radius 1 is 1.41 bits per heavy atom.